The maximum absolute atomic E-state index is 12.8. The first-order valence-electron chi connectivity index (χ1n) is 7.51. The van der Waals surface area contributed by atoms with Gasteiger partial charge in [0.1, 0.15) is 11.6 Å². The first kappa shape index (κ1) is 16.3. The number of hydrogen-bond acceptors (Lipinski definition) is 3. The minimum absolute atomic E-state index is 0.264. The van der Waals surface area contributed by atoms with E-state index in [-0.39, 0.29) is 5.82 Å². The van der Waals surface area contributed by atoms with Crippen LogP contribution in [-0.4, -0.2) is 30.9 Å². The van der Waals surface area contributed by atoms with Gasteiger partial charge in [0.2, 0.25) is 0 Å². The molecule has 0 saturated heterocycles. The van der Waals surface area contributed by atoms with Crippen molar-refractivity contribution in [2.45, 2.75) is 19.4 Å². The Morgan fingerprint density at radius 2 is 1.77 bits per heavy atom. The van der Waals surface area contributed by atoms with Gasteiger partial charge in [0.25, 0.3) is 0 Å². The Kier molecular flexibility index (Phi) is 6.22. The summed E-state index contributed by atoms with van der Waals surface area (Å²) in [5.41, 5.74) is 1.09. The minimum Gasteiger partial charge on any atom is -0.494 e. The minimum atomic E-state index is -0.391. The molecule has 2 aromatic rings. The van der Waals surface area contributed by atoms with Gasteiger partial charge < -0.3 is 14.7 Å². The standard InChI is InChI=1S/C18H22FNO2/c1-15(21)14-20(17-6-3-2-4-7-17)12-5-13-22-18-10-8-16(19)9-11-18/h2-4,6-11,15,21H,5,12-14H2,1H3. The molecule has 0 radical (unpaired) electrons. The van der Waals surface area contributed by atoms with Crippen LogP contribution in [0.1, 0.15) is 13.3 Å². The molecule has 0 fully saturated rings. The normalized spacial score (nSPS) is 12.0. The number of benzene rings is 2. The van der Waals surface area contributed by atoms with Crippen molar-refractivity contribution >= 4 is 5.69 Å². The van der Waals surface area contributed by atoms with Crippen LogP contribution in [0.3, 0.4) is 0 Å². The van der Waals surface area contributed by atoms with Crippen molar-refractivity contribution in [1.29, 1.82) is 0 Å². The van der Waals surface area contributed by atoms with E-state index in [0.717, 1.165) is 18.7 Å². The van der Waals surface area contributed by atoms with Crippen LogP contribution in [0.25, 0.3) is 0 Å². The van der Waals surface area contributed by atoms with E-state index in [1.54, 1.807) is 19.1 Å². The molecule has 0 aromatic heterocycles. The summed E-state index contributed by atoms with van der Waals surface area (Å²) in [7, 11) is 0. The van der Waals surface area contributed by atoms with Crippen molar-refractivity contribution in [3.63, 3.8) is 0 Å². The van der Waals surface area contributed by atoms with Crippen LogP contribution in [0.5, 0.6) is 5.75 Å². The number of aliphatic hydroxyl groups is 1. The Labute approximate surface area is 131 Å². The maximum atomic E-state index is 12.8. The van der Waals surface area contributed by atoms with Gasteiger partial charge in [-0.3, -0.25) is 0 Å². The summed E-state index contributed by atoms with van der Waals surface area (Å²) in [5, 5.41) is 9.64. The average Bonchev–Trinajstić information content (AvgIpc) is 2.52. The number of nitrogens with zero attached hydrogens (tertiary/aromatic N) is 1. The highest BCUT2D eigenvalue weighted by Gasteiger charge is 2.09. The van der Waals surface area contributed by atoms with Gasteiger partial charge in [0.15, 0.2) is 0 Å². The summed E-state index contributed by atoms with van der Waals surface area (Å²) < 4.78 is 18.4. The number of aliphatic hydroxyl groups excluding tert-OH is 1. The molecule has 4 heteroatoms. The highest BCUT2D eigenvalue weighted by Crippen LogP contribution is 2.15. The van der Waals surface area contributed by atoms with E-state index in [1.807, 2.05) is 30.3 Å². The summed E-state index contributed by atoms with van der Waals surface area (Å²) >= 11 is 0. The van der Waals surface area contributed by atoms with E-state index in [9.17, 15) is 9.50 Å². The molecule has 0 amide bonds. The molecule has 0 aliphatic heterocycles. The Bertz CT molecular complexity index is 543. The van der Waals surface area contributed by atoms with Crippen LogP contribution < -0.4 is 9.64 Å². The van der Waals surface area contributed by atoms with Crippen molar-refractivity contribution in [3.05, 3.63) is 60.4 Å². The van der Waals surface area contributed by atoms with Gasteiger partial charge in [-0.2, -0.15) is 0 Å². The first-order chi connectivity index (χ1) is 10.6. The molecule has 0 bridgehead atoms. The number of para-hydroxylation sites is 1. The zero-order valence-electron chi connectivity index (χ0n) is 12.8. The van der Waals surface area contributed by atoms with Gasteiger partial charge in [-0.15, -0.1) is 0 Å². The van der Waals surface area contributed by atoms with Crippen molar-refractivity contribution < 1.29 is 14.2 Å². The third kappa shape index (κ3) is 5.37. The molecular formula is C18H22FNO2. The Morgan fingerprint density at radius 1 is 1.09 bits per heavy atom. The molecule has 0 aliphatic carbocycles. The van der Waals surface area contributed by atoms with E-state index in [0.29, 0.717) is 18.9 Å². The predicted octanol–water partition coefficient (Wildman–Crippen LogP) is 3.48. The number of anilines is 1. The lowest BCUT2D eigenvalue weighted by atomic mass is 10.2. The van der Waals surface area contributed by atoms with Crippen LogP contribution in [0.15, 0.2) is 54.6 Å². The second-order valence-corrected chi connectivity index (χ2v) is 5.29. The van der Waals surface area contributed by atoms with Gasteiger partial charge in [-0.05, 0) is 49.7 Å². The van der Waals surface area contributed by atoms with Crippen molar-refractivity contribution in [2.24, 2.45) is 0 Å². The highest BCUT2D eigenvalue weighted by atomic mass is 19.1. The number of hydrogen-bond donors (Lipinski definition) is 1. The molecular weight excluding hydrogens is 281 g/mol. The SMILES string of the molecule is CC(O)CN(CCCOc1ccc(F)cc1)c1ccccc1. The van der Waals surface area contributed by atoms with Gasteiger partial charge in [-0.1, -0.05) is 18.2 Å². The summed E-state index contributed by atoms with van der Waals surface area (Å²) in [6, 6.07) is 16.0. The molecule has 118 valence electrons. The summed E-state index contributed by atoms with van der Waals surface area (Å²) in [5.74, 6) is 0.405. The molecule has 0 aliphatic rings. The number of halogens is 1. The smallest absolute Gasteiger partial charge is 0.123 e. The molecule has 0 saturated carbocycles. The fraction of sp³-hybridized carbons (Fsp3) is 0.333. The van der Waals surface area contributed by atoms with Crippen LogP contribution in [-0.2, 0) is 0 Å². The largest absolute Gasteiger partial charge is 0.494 e. The number of ether oxygens (including phenoxy) is 1. The fourth-order valence-electron chi connectivity index (χ4n) is 2.26. The average molecular weight is 303 g/mol. The zero-order valence-corrected chi connectivity index (χ0v) is 12.8. The van der Waals surface area contributed by atoms with E-state index >= 15 is 0 Å². The van der Waals surface area contributed by atoms with E-state index in [1.165, 1.54) is 12.1 Å². The summed E-state index contributed by atoms with van der Waals surface area (Å²) in [6.45, 7) is 3.70. The summed E-state index contributed by atoms with van der Waals surface area (Å²) in [4.78, 5) is 2.14. The topological polar surface area (TPSA) is 32.7 Å². The molecule has 0 spiro atoms. The lowest BCUT2D eigenvalue weighted by Gasteiger charge is -2.26. The summed E-state index contributed by atoms with van der Waals surface area (Å²) in [6.07, 6.45) is 0.428. The predicted molar refractivity (Wildman–Crippen MR) is 86.8 cm³/mol. The third-order valence-electron chi connectivity index (χ3n) is 3.26. The van der Waals surface area contributed by atoms with E-state index < -0.39 is 6.10 Å². The van der Waals surface area contributed by atoms with Crippen LogP contribution in [0, 0.1) is 5.82 Å². The molecule has 22 heavy (non-hydrogen) atoms. The Morgan fingerprint density at radius 3 is 2.41 bits per heavy atom. The fourth-order valence-corrected chi connectivity index (χ4v) is 2.26. The first-order valence-corrected chi connectivity index (χ1v) is 7.51. The maximum Gasteiger partial charge on any atom is 0.123 e. The van der Waals surface area contributed by atoms with Crippen LogP contribution in [0.4, 0.5) is 10.1 Å². The van der Waals surface area contributed by atoms with Gasteiger partial charge in [-0.25, -0.2) is 4.39 Å². The molecule has 1 unspecified atom stereocenters. The molecule has 1 atom stereocenters. The van der Waals surface area contributed by atoms with Gasteiger partial charge in [0, 0.05) is 18.8 Å². The van der Waals surface area contributed by atoms with Crippen molar-refractivity contribution in [1.82, 2.24) is 0 Å². The Balaban J connectivity index is 1.82. The van der Waals surface area contributed by atoms with Crippen molar-refractivity contribution in [2.75, 3.05) is 24.6 Å². The zero-order chi connectivity index (χ0) is 15.8. The second kappa shape index (κ2) is 8.39. The molecule has 3 nitrogen and oxygen atoms in total. The molecule has 2 aromatic carbocycles. The van der Waals surface area contributed by atoms with Crippen LogP contribution in [0.2, 0.25) is 0 Å². The molecule has 2 rings (SSSR count). The molecule has 0 heterocycles. The quantitative estimate of drug-likeness (QED) is 0.758. The van der Waals surface area contributed by atoms with Crippen LogP contribution >= 0.6 is 0 Å². The Hall–Kier alpha value is -2.07. The number of rotatable bonds is 8. The van der Waals surface area contributed by atoms with E-state index in [4.69, 9.17) is 4.74 Å². The lowest BCUT2D eigenvalue weighted by Crippen LogP contribution is -2.32. The monoisotopic (exact) mass is 303 g/mol. The third-order valence-corrected chi connectivity index (χ3v) is 3.26. The second-order valence-electron chi connectivity index (χ2n) is 5.29. The highest BCUT2D eigenvalue weighted by molar-refractivity contribution is 5.46. The van der Waals surface area contributed by atoms with E-state index in [2.05, 4.69) is 4.90 Å². The molecule has 1 N–H and O–H groups in total. The van der Waals surface area contributed by atoms with Gasteiger partial charge in [0.05, 0.1) is 12.7 Å². The van der Waals surface area contributed by atoms with Crippen molar-refractivity contribution in [3.8, 4) is 5.75 Å². The van der Waals surface area contributed by atoms with Gasteiger partial charge >= 0.3 is 0 Å². The lowest BCUT2D eigenvalue weighted by molar-refractivity contribution is 0.199.